The Balaban J connectivity index is 2.32. The van der Waals surface area contributed by atoms with E-state index < -0.39 is 10.0 Å². The predicted molar refractivity (Wildman–Crippen MR) is 96.8 cm³/mol. The normalized spacial score (nSPS) is 11.6. The van der Waals surface area contributed by atoms with Crippen LogP contribution in [0.3, 0.4) is 0 Å². The molecule has 1 aromatic carbocycles. The fourth-order valence-electron chi connectivity index (χ4n) is 1.72. The summed E-state index contributed by atoms with van der Waals surface area (Å²) in [5.74, 6) is 0. The predicted octanol–water partition coefficient (Wildman–Crippen LogP) is 3.83. The van der Waals surface area contributed by atoms with Crippen molar-refractivity contribution in [1.29, 1.82) is 0 Å². The summed E-state index contributed by atoms with van der Waals surface area (Å²) in [6.07, 6.45) is 0. The van der Waals surface area contributed by atoms with Crippen LogP contribution in [0.4, 0.5) is 5.69 Å². The summed E-state index contributed by atoms with van der Waals surface area (Å²) in [5.41, 5.74) is 1.35. The lowest BCUT2D eigenvalue weighted by Gasteiger charge is -2.08. The van der Waals surface area contributed by atoms with E-state index in [0.29, 0.717) is 21.5 Å². The molecule has 1 heterocycles. The number of hydrogen-bond acceptors (Lipinski definition) is 4. The van der Waals surface area contributed by atoms with Gasteiger partial charge in [0.2, 0.25) is 0 Å². The van der Waals surface area contributed by atoms with E-state index in [9.17, 15) is 8.42 Å². The van der Waals surface area contributed by atoms with Crippen molar-refractivity contribution in [2.45, 2.75) is 17.7 Å². The molecule has 1 aromatic heterocycles. The number of hydrogen-bond donors (Lipinski definition) is 2. The lowest BCUT2D eigenvalue weighted by molar-refractivity contribution is 0.603. The first kappa shape index (κ1) is 17.0. The summed E-state index contributed by atoms with van der Waals surface area (Å²) in [5, 5.41) is 3.41. The van der Waals surface area contributed by atoms with E-state index in [-0.39, 0.29) is 0 Å². The maximum atomic E-state index is 12.4. The molecule has 2 aromatic rings. The Morgan fingerprint density at radius 2 is 2.05 bits per heavy atom. The highest BCUT2D eigenvalue weighted by atomic mass is 127. The van der Waals surface area contributed by atoms with Crippen LogP contribution in [0.5, 0.6) is 0 Å². The van der Waals surface area contributed by atoms with Gasteiger partial charge < -0.3 is 5.32 Å². The Hall–Kier alpha value is -0.350. The Kier molecular flexibility index (Phi) is 5.53. The van der Waals surface area contributed by atoms with Crippen molar-refractivity contribution in [3.05, 3.63) is 43.3 Å². The van der Waals surface area contributed by atoms with Crippen molar-refractivity contribution in [3.8, 4) is 0 Å². The molecule has 0 saturated carbocycles. The van der Waals surface area contributed by atoms with E-state index >= 15 is 0 Å². The molecule has 0 aliphatic heterocycles. The zero-order valence-electron chi connectivity index (χ0n) is 11.4. The summed E-state index contributed by atoms with van der Waals surface area (Å²) < 4.78 is 28.6. The molecule has 8 heteroatoms. The molecular weight excluding hydrogens is 443 g/mol. The van der Waals surface area contributed by atoms with E-state index in [0.717, 1.165) is 14.0 Å². The summed E-state index contributed by atoms with van der Waals surface area (Å²) in [6, 6.07) is 6.86. The van der Waals surface area contributed by atoms with Crippen molar-refractivity contribution >= 4 is 61.2 Å². The van der Waals surface area contributed by atoms with Crippen LogP contribution in [0.25, 0.3) is 0 Å². The van der Waals surface area contributed by atoms with Gasteiger partial charge in [-0.05, 0) is 66.4 Å². The number of sulfonamides is 1. The highest BCUT2D eigenvalue weighted by molar-refractivity contribution is 14.1. The van der Waals surface area contributed by atoms with Gasteiger partial charge in [0.25, 0.3) is 10.0 Å². The third kappa shape index (κ3) is 4.10. The number of rotatable bonds is 5. The smallest absolute Gasteiger partial charge is 0.271 e. The second kappa shape index (κ2) is 6.82. The number of nitrogens with one attached hydrogen (secondary N) is 2. The van der Waals surface area contributed by atoms with Crippen LogP contribution in [-0.2, 0) is 16.6 Å². The number of anilines is 1. The molecule has 0 aliphatic carbocycles. The van der Waals surface area contributed by atoms with Crippen molar-refractivity contribution in [2.24, 2.45) is 0 Å². The summed E-state index contributed by atoms with van der Waals surface area (Å²) >= 11 is 9.45. The quantitative estimate of drug-likeness (QED) is 0.672. The molecule has 21 heavy (non-hydrogen) atoms. The molecule has 4 nitrogen and oxygen atoms in total. The molecule has 0 radical (unpaired) electrons. The van der Waals surface area contributed by atoms with Gasteiger partial charge in [-0.2, -0.15) is 0 Å². The molecule has 0 unspecified atom stereocenters. The maximum Gasteiger partial charge on any atom is 0.271 e. The molecule has 114 valence electrons. The second-order valence-electron chi connectivity index (χ2n) is 4.43. The number of aryl methyl sites for hydroxylation is 1. The van der Waals surface area contributed by atoms with E-state index in [1.54, 1.807) is 24.3 Å². The summed E-state index contributed by atoms with van der Waals surface area (Å²) in [6.45, 7) is 2.55. The van der Waals surface area contributed by atoms with Crippen LogP contribution < -0.4 is 10.0 Å². The molecule has 0 saturated heterocycles. The van der Waals surface area contributed by atoms with Gasteiger partial charge in [0, 0.05) is 15.0 Å². The van der Waals surface area contributed by atoms with E-state index in [4.69, 9.17) is 11.6 Å². The molecule has 0 aliphatic rings. The maximum absolute atomic E-state index is 12.4. The van der Waals surface area contributed by atoms with Crippen molar-refractivity contribution in [1.82, 2.24) is 5.32 Å². The Morgan fingerprint density at radius 3 is 2.67 bits per heavy atom. The van der Waals surface area contributed by atoms with Gasteiger partial charge in [-0.3, -0.25) is 4.72 Å². The van der Waals surface area contributed by atoms with Crippen LogP contribution in [-0.4, -0.2) is 15.5 Å². The molecule has 0 amide bonds. The van der Waals surface area contributed by atoms with Crippen LogP contribution >= 0.6 is 45.5 Å². The van der Waals surface area contributed by atoms with Crippen LogP contribution in [0.2, 0.25) is 5.02 Å². The van der Waals surface area contributed by atoms with Gasteiger partial charge in [0.05, 0.1) is 10.7 Å². The molecule has 2 rings (SSSR count). The minimum Gasteiger partial charge on any atom is -0.315 e. The molecule has 0 fully saturated rings. The number of thiophene rings is 1. The van der Waals surface area contributed by atoms with Gasteiger partial charge in [-0.15, -0.1) is 11.3 Å². The minimum atomic E-state index is -3.61. The van der Waals surface area contributed by atoms with Gasteiger partial charge in [-0.1, -0.05) is 11.6 Å². The average Bonchev–Trinajstić information content (AvgIpc) is 2.76. The van der Waals surface area contributed by atoms with Crippen molar-refractivity contribution in [3.63, 3.8) is 0 Å². The fourth-order valence-corrected chi connectivity index (χ4v) is 5.36. The zero-order valence-corrected chi connectivity index (χ0v) is 16.0. The molecule has 0 spiro atoms. The average molecular weight is 457 g/mol. The van der Waals surface area contributed by atoms with E-state index in [2.05, 4.69) is 32.6 Å². The Bertz CT molecular complexity index is 760. The van der Waals surface area contributed by atoms with Gasteiger partial charge in [0.1, 0.15) is 4.21 Å². The third-order valence-electron chi connectivity index (χ3n) is 2.78. The minimum absolute atomic E-state index is 0.292. The third-order valence-corrected chi connectivity index (χ3v) is 6.84. The molecular formula is C13H14ClIN2O2S2. The van der Waals surface area contributed by atoms with Crippen molar-refractivity contribution < 1.29 is 8.42 Å². The van der Waals surface area contributed by atoms with E-state index in [1.807, 2.05) is 14.0 Å². The highest BCUT2D eigenvalue weighted by Gasteiger charge is 2.20. The molecule has 2 N–H and O–H groups in total. The lowest BCUT2D eigenvalue weighted by Crippen LogP contribution is -2.11. The Labute approximate surface area is 147 Å². The van der Waals surface area contributed by atoms with Crippen LogP contribution in [0.1, 0.15) is 10.4 Å². The van der Waals surface area contributed by atoms with Crippen LogP contribution in [0.15, 0.2) is 28.5 Å². The number of halogens is 2. The standard InChI is InChI=1S/C13H14ClIN2O2S2/c1-8-5-13(20-12(8)7-16-2)21(18,19)17-11-4-3-9(15)6-10(11)14/h3-6,16-17H,7H2,1-2H3. The molecule has 0 bridgehead atoms. The van der Waals surface area contributed by atoms with Gasteiger partial charge >= 0.3 is 0 Å². The van der Waals surface area contributed by atoms with Crippen molar-refractivity contribution in [2.75, 3.05) is 11.8 Å². The topological polar surface area (TPSA) is 58.2 Å². The van der Waals surface area contributed by atoms with Gasteiger partial charge in [0.15, 0.2) is 0 Å². The lowest BCUT2D eigenvalue weighted by atomic mass is 10.3. The van der Waals surface area contributed by atoms with E-state index in [1.165, 1.54) is 11.3 Å². The molecule has 0 atom stereocenters. The number of benzene rings is 1. The van der Waals surface area contributed by atoms with Gasteiger partial charge in [-0.25, -0.2) is 8.42 Å². The zero-order chi connectivity index (χ0) is 15.6. The second-order valence-corrected chi connectivity index (χ2v) is 9.13. The largest absolute Gasteiger partial charge is 0.315 e. The first-order chi connectivity index (χ1) is 9.83. The summed E-state index contributed by atoms with van der Waals surface area (Å²) in [7, 11) is -1.78. The first-order valence-electron chi connectivity index (χ1n) is 6.05. The highest BCUT2D eigenvalue weighted by Crippen LogP contribution is 2.30. The summed E-state index contributed by atoms with van der Waals surface area (Å²) in [4.78, 5) is 1.01. The Morgan fingerprint density at radius 1 is 1.33 bits per heavy atom. The fraction of sp³-hybridized carbons (Fsp3) is 0.231. The monoisotopic (exact) mass is 456 g/mol. The first-order valence-corrected chi connectivity index (χ1v) is 9.81. The van der Waals surface area contributed by atoms with Crippen LogP contribution in [0, 0.1) is 10.5 Å². The SMILES string of the molecule is CNCc1sc(S(=O)(=O)Nc2ccc(I)cc2Cl)cc1C.